The Hall–Kier alpha value is -1.62. The number of hydrogen-bond acceptors (Lipinski definition) is 3. The van der Waals surface area contributed by atoms with Gasteiger partial charge in [-0.2, -0.15) is 8.78 Å². The zero-order valence-corrected chi connectivity index (χ0v) is 9.62. The van der Waals surface area contributed by atoms with E-state index in [-0.39, 0.29) is 0 Å². The number of aromatic nitrogens is 1. The molecule has 2 aromatic rings. The molecule has 0 radical (unpaired) electrons. The van der Waals surface area contributed by atoms with Gasteiger partial charge >= 0.3 is 0 Å². The molecule has 0 spiro atoms. The summed E-state index contributed by atoms with van der Waals surface area (Å²) in [7, 11) is 0. The van der Waals surface area contributed by atoms with Gasteiger partial charge in [-0.3, -0.25) is 4.98 Å². The monoisotopic (exact) mass is 252 g/mol. The predicted molar refractivity (Wildman–Crippen MR) is 65.9 cm³/mol. The number of benzene rings is 1. The van der Waals surface area contributed by atoms with Gasteiger partial charge in [-0.25, -0.2) is 0 Å². The quantitative estimate of drug-likeness (QED) is 0.847. The molecule has 0 atom stereocenters. The average Bonchev–Trinajstić information content (AvgIpc) is 2.30. The van der Waals surface area contributed by atoms with Gasteiger partial charge in [0.05, 0.1) is 0 Å². The SMILES string of the molecule is Nc1ccncc1-c1ccc(SC(F)F)cc1. The number of alkyl halides is 2. The van der Waals surface area contributed by atoms with Crippen LogP contribution >= 0.6 is 11.8 Å². The van der Waals surface area contributed by atoms with E-state index in [0.29, 0.717) is 22.3 Å². The third kappa shape index (κ3) is 2.94. The summed E-state index contributed by atoms with van der Waals surface area (Å²) in [6.45, 7) is 0. The summed E-state index contributed by atoms with van der Waals surface area (Å²) >= 11 is 0.526. The van der Waals surface area contributed by atoms with Gasteiger partial charge in [0.2, 0.25) is 0 Å². The molecule has 5 heteroatoms. The van der Waals surface area contributed by atoms with Crippen LogP contribution in [0.4, 0.5) is 14.5 Å². The number of thioether (sulfide) groups is 1. The van der Waals surface area contributed by atoms with Crippen molar-refractivity contribution in [2.24, 2.45) is 0 Å². The smallest absolute Gasteiger partial charge is 0.288 e. The molecule has 1 heterocycles. The van der Waals surface area contributed by atoms with Gasteiger partial charge in [-0.05, 0) is 23.8 Å². The molecular formula is C12H10F2N2S. The van der Waals surface area contributed by atoms with Gasteiger partial charge in [0, 0.05) is 28.5 Å². The largest absolute Gasteiger partial charge is 0.398 e. The first kappa shape index (κ1) is 11.9. The fourth-order valence-electron chi connectivity index (χ4n) is 1.46. The van der Waals surface area contributed by atoms with Crippen LogP contribution in [0.1, 0.15) is 0 Å². The lowest BCUT2D eigenvalue weighted by Crippen LogP contribution is -1.90. The molecule has 0 fully saturated rings. The van der Waals surface area contributed by atoms with Gasteiger partial charge in [-0.15, -0.1) is 0 Å². The molecule has 0 unspecified atom stereocenters. The van der Waals surface area contributed by atoms with Crippen LogP contribution in [-0.4, -0.2) is 10.7 Å². The Labute approximate surface area is 102 Å². The van der Waals surface area contributed by atoms with Crippen LogP contribution in [0.15, 0.2) is 47.6 Å². The number of pyridine rings is 1. The molecule has 0 aliphatic heterocycles. The summed E-state index contributed by atoms with van der Waals surface area (Å²) in [5.74, 6) is -2.40. The second kappa shape index (κ2) is 5.14. The minimum absolute atomic E-state index is 0.526. The van der Waals surface area contributed by atoms with E-state index in [2.05, 4.69) is 4.98 Å². The second-order valence-corrected chi connectivity index (χ2v) is 4.43. The third-order valence-corrected chi connectivity index (χ3v) is 2.97. The Kier molecular flexibility index (Phi) is 3.58. The van der Waals surface area contributed by atoms with Crippen molar-refractivity contribution < 1.29 is 8.78 Å². The Balaban J connectivity index is 2.27. The fourth-order valence-corrected chi connectivity index (χ4v) is 1.96. The Bertz CT molecular complexity index is 500. The minimum atomic E-state index is -2.40. The zero-order chi connectivity index (χ0) is 12.3. The van der Waals surface area contributed by atoms with E-state index in [1.807, 2.05) is 0 Å². The number of halogens is 2. The number of rotatable bonds is 3. The van der Waals surface area contributed by atoms with Crippen LogP contribution in [0.25, 0.3) is 11.1 Å². The maximum atomic E-state index is 12.1. The van der Waals surface area contributed by atoms with E-state index >= 15 is 0 Å². The average molecular weight is 252 g/mol. The number of hydrogen-bond donors (Lipinski definition) is 1. The molecule has 0 saturated heterocycles. The molecule has 0 amide bonds. The van der Waals surface area contributed by atoms with Gasteiger partial charge in [0.1, 0.15) is 0 Å². The van der Waals surface area contributed by atoms with Gasteiger partial charge in [-0.1, -0.05) is 23.9 Å². The van der Waals surface area contributed by atoms with E-state index in [1.165, 1.54) is 0 Å². The predicted octanol–water partition coefficient (Wildman–Crippen LogP) is 3.65. The maximum absolute atomic E-state index is 12.1. The summed E-state index contributed by atoms with van der Waals surface area (Å²) < 4.78 is 24.3. The Morgan fingerprint density at radius 3 is 2.41 bits per heavy atom. The fraction of sp³-hybridized carbons (Fsp3) is 0.0833. The van der Waals surface area contributed by atoms with Crippen molar-refractivity contribution in [1.29, 1.82) is 0 Å². The van der Waals surface area contributed by atoms with Crippen LogP contribution in [0.5, 0.6) is 0 Å². The lowest BCUT2D eigenvalue weighted by atomic mass is 10.1. The highest BCUT2D eigenvalue weighted by molar-refractivity contribution is 7.99. The number of nitrogens with zero attached hydrogens (tertiary/aromatic N) is 1. The Morgan fingerprint density at radius 2 is 1.82 bits per heavy atom. The first-order chi connectivity index (χ1) is 8.16. The molecule has 17 heavy (non-hydrogen) atoms. The second-order valence-electron chi connectivity index (χ2n) is 3.37. The molecule has 2 rings (SSSR count). The molecule has 0 aliphatic carbocycles. The molecule has 2 N–H and O–H groups in total. The van der Waals surface area contributed by atoms with Crippen molar-refractivity contribution in [2.45, 2.75) is 10.7 Å². The maximum Gasteiger partial charge on any atom is 0.288 e. The van der Waals surface area contributed by atoms with Crippen molar-refractivity contribution in [2.75, 3.05) is 5.73 Å². The molecule has 0 bridgehead atoms. The van der Waals surface area contributed by atoms with Crippen molar-refractivity contribution >= 4 is 17.4 Å². The van der Waals surface area contributed by atoms with Crippen molar-refractivity contribution in [3.63, 3.8) is 0 Å². The highest BCUT2D eigenvalue weighted by Crippen LogP contribution is 2.29. The highest BCUT2D eigenvalue weighted by Gasteiger charge is 2.06. The van der Waals surface area contributed by atoms with Crippen LogP contribution in [0.3, 0.4) is 0 Å². The molecule has 88 valence electrons. The molecule has 2 nitrogen and oxygen atoms in total. The van der Waals surface area contributed by atoms with Crippen LogP contribution in [0, 0.1) is 0 Å². The summed E-state index contributed by atoms with van der Waals surface area (Å²) in [4.78, 5) is 4.52. The first-order valence-corrected chi connectivity index (χ1v) is 5.79. The molecule has 0 saturated carbocycles. The van der Waals surface area contributed by atoms with Crippen molar-refractivity contribution in [1.82, 2.24) is 4.98 Å². The lowest BCUT2D eigenvalue weighted by Gasteiger charge is -2.06. The summed E-state index contributed by atoms with van der Waals surface area (Å²) in [5, 5.41) is 0. The minimum Gasteiger partial charge on any atom is -0.398 e. The molecule has 1 aromatic carbocycles. The van der Waals surface area contributed by atoms with Gasteiger partial charge in [0.15, 0.2) is 0 Å². The van der Waals surface area contributed by atoms with E-state index in [4.69, 9.17) is 5.73 Å². The van der Waals surface area contributed by atoms with Crippen LogP contribution in [-0.2, 0) is 0 Å². The molecule has 1 aromatic heterocycles. The van der Waals surface area contributed by atoms with E-state index in [1.54, 1.807) is 42.7 Å². The normalized spacial score (nSPS) is 10.8. The highest BCUT2D eigenvalue weighted by atomic mass is 32.2. The zero-order valence-electron chi connectivity index (χ0n) is 8.81. The van der Waals surface area contributed by atoms with Gasteiger partial charge < -0.3 is 5.73 Å². The summed E-state index contributed by atoms with van der Waals surface area (Å²) in [6, 6.07) is 8.53. The van der Waals surface area contributed by atoms with E-state index < -0.39 is 5.76 Å². The van der Waals surface area contributed by atoms with Crippen molar-refractivity contribution in [3.8, 4) is 11.1 Å². The van der Waals surface area contributed by atoms with Gasteiger partial charge in [0.25, 0.3) is 5.76 Å². The van der Waals surface area contributed by atoms with E-state index in [0.717, 1.165) is 11.1 Å². The van der Waals surface area contributed by atoms with E-state index in [9.17, 15) is 8.78 Å². The van der Waals surface area contributed by atoms with Crippen molar-refractivity contribution in [3.05, 3.63) is 42.7 Å². The third-order valence-electron chi connectivity index (χ3n) is 2.25. The number of nitrogen functional groups attached to an aromatic ring is 1. The standard InChI is InChI=1S/C12H10F2N2S/c13-12(14)17-9-3-1-8(2-4-9)10-7-16-6-5-11(10)15/h1-7,12H,(H2,15,16). The lowest BCUT2D eigenvalue weighted by molar-refractivity contribution is 0.252. The summed E-state index contributed by atoms with van der Waals surface area (Å²) in [6.07, 6.45) is 3.27. The Morgan fingerprint density at radius 1 is 1.12 bits per heavy atom. The summed E-state index contributed by atoms with van der Waals surface area (Å²) in [5.41, 5.74) is 8.10. The van der Waals surface area contributed by atoms with Crippen LogP contribution in [0.2, 0.25) is 0 Å². The number of anilines is 1. The first-order valence-electron chi connectivity index (χ1n) is 4.91. The van der Waals surface area contributed by atoms with Crippen LogP contribution < -0.4 is 5.73 Å². The number of nitrogens with two attached hydrogens (primary N) is 1. The molecular weight excluding hydrogens is 242 g/mol. The molecule has 0 aliphatic rings. The topological polar surface area (TPSA) is 38.9 Å².